The summed E-state index contributed by atoms with van der Waals surface area (Å²) in [7, 11) is 0. The van der Waals surface area contributed by atoms with E-state index in [9.17, 15) is 14.9 Å². The van der Waals surface area contributed by atoms with E-state index in [0.717, 1.165) is 28.0 Å². The van der Waals surface area contributed by atoms with Gasteiger partial charge in [0.05, 0.1) is 4.92 Å². The van der Waals surface area contributed by atoms with Crippen molar-refractivity contribution in [1.82, 2.24) is 0 Å². The predicted octanol–water partition coefficient (Wildman–Crippen LogP) is 4.34. The van der Waals surface area contributed by atoms with Gasteiger partial charge in [-0.2, -0.15) is 0 Å². The molecule has 128 valence electrons. The van der Waals surface area contributed by atoms with Crippen LogP contribution in [0.15, 0.2) is 65.1 Å². The van der Waals surface area contributed by atoms with E-state index in [1.54, 1.807) is 12.1 Å². The first kappa shape index (κ1) is 15.6. The third-order valence-electron chi connectivity index (χ3n) is 4.13. The van der Waals surface area contributed by atoms with E-state index in [4.69, 9.17) is 10.2 Å². The SMILES string of the molecule is NC(=O)c1ccc(Nc2ccc3oc4ccccc4c3c2)c([N+](=O)[O-])c1. The zero-order chi connectivity index (χ0) is 18.3. The van der Waals surface area contributed by atoms with Crippen molar-refractivity contribution in [1.29, 1.82) is 0 Å². The first-order valence-electron chi connectivity index (χ1n) is 7.79. The first-order chi connectivity index (χ1) is 12.5. The minimum absolute atomic E-state index is 0.0820. The summed E-state index contributed by atoms with van der Waals surface area (Å²) >= 11 is 0. The van der Waals surface area contributed by atoms with Gasteiger partial charge in [0.15, 0.2) is 0 Å². The largest absolute Gasteiger partial charge is 0.456 e. The number of nitrogens with one attached hydrogen (secondary N) is 1. The lowest BCUT2D eigenvalue weighted by molar-refractivity contribution is -0.383. The summed E-state index contributed by atoms with van der Waals surface area (Å²) in [6, 6.07) is 17.2. The number of hydrogen-bond acceptors (Lipinski definition) is 5. The Kier molecular flexibility index (Phi) is 3.54. The second-order valence-electron chi connectivity index (χ2n) is 5.79. The standard InChI is InChI=1S/C19H13N3O4/c20-19(23)11-5-7-15(16(9-11)22(24)25)21-12-6-8-18-14(10-12)13-3-1-2-4-17(13)26-18/h1-10,21H,(H2,20,23). The van der Waals surface area contributed by atoms with Crippen LogP contribution in [0, 0.1) is 10.1 Å². The molecule has 0 radical (unpaired) electrons. The van der Waals surface area contributed by atoms with Gasteiger partial charge in [0.1, 0.15) is 16.9 Å². The molecular weight excluding hydrogens is 334 g/mol. The van der Waals surface area contributed by atoms with Gasteiger partial charge < -0.3 is 15.5 Å². The highest BCUT2D eigenvalue weighted by atomic mass is 16.6. The van der Waals surface area contributed by atoms with Crippen LogP contribution in [0.25, 0.3) is 21.9 Å². The van der Waals surface area contributed by atoms with E-state index in [0.29, 0.717) is 5.69 Å². The molecule has 0 aliphatic carbocycles. The Morgan fingerprint density at radius 3 is 2.54 bits per heavy atom. The number of nitro groups is 1. The number of carbonyl (C=O) groups excluding carboxylic acids is 1. The molecule has 0 bridgehead atoms. The quantitative estimate of drug-likeness (QED) is 0.421. The normalized spacial score (nSPS) is 10.9. The van der Waals surface area contributed by atoms with Crippen molar-refractivity contribution in [3.63, 3.8) is 0 Å². The Morgan fingerprint density at radius 1 is 1.00 bits per heavy atom. The minimum Gasteiger partial charge on any atom is -0.456 e. The highest BCUT2D eigenvalue weighted by Gasteiger charge is 2.17. The predicted molar refractivity (Wildman–Crippen MR) is 98.6 cm³/mol. The number of fused-ring (bicyclic) bond motifs is 3. The van der Waals surface area contributed by atoms with Crippen molar-refractivity contribution < 1.29 is 14.1 Å². The van der Waals surface area contributed by atoms with Gasteiger partial charge in [-0.3, -0.25) is 14.9 Å². The number of amides is 1. The molecule has 0 aliphatic heterocycles. The molecule has 1 amide bonds. The van der Waals surface area contributed by atoms with Gasteiger partial charge in [-0.25, -0.2) is 0 Å². The molecule has 0 saturated heterocycles. The number of anilines is 2. The third kappa shape index (κ3) is 2.61. The zero-order valence-electron chi connectivity index (χ0n) is 13.4. The Hall–Kier alpha value is -3.87. The van der Waals surface area contributed by atoms with Gasteiger partial charge in [0.2, 0.25) is 5.91 Å². The molecule has 0 unspecified atom stereocenters. The topological polar surface area (TPSA) is 111 Å². The summed E-state index contributed by atoms with van der Waals surface area (Å²) < 4.78 is 5.77. The molecule has 4 aromatic rings. The second-order valence-corrected chi connectivity index (χ2v) is 5.79. The monoisotopic (exact) mass is 347 g/mol. The average molecular weight is 347 g/mol. The van der Waals surface area contributed by atoms with Crippen LogP contribution in [0.5, 0.6) is 0 Å². The van der Waals surface area contributed by atoms with Crippen molar-refractivity contribution in [2.75, 3.05) is 5.32 Å². The third-order valence-corrected chi connectivity index (χ3v) is 4.13. The molecule has 4 rings (SSSR count). The molecule has 1 heterocycles. The van der Waals surface area contributed by atoms with Gasteiger partial charge in [0, 0.05) is 28.1 Å². The van der Waals surface area contributed by atoms with Crippen molar-refractivity contribution in [3.8, 4) is 0 Å². The fourth-order valence-electron chi connectivity index (χ4n) is 2.90. The molecule has 26 heavy (non-hydrogen) atoms. The molecule has 7 heteroatoms. The highest BCUT2D eigenvalue weighted by molar-refractivity contribution is 6.06. The average Bonchev–Trinajstić information content (AvgIpc) is 3.00. The van der Waals surface area contributed by atoms with Crippen LogP contribution in [0.1, 0.15) is 10.4 Å². The number of nitrogens with zero attached hydrogens (tertiary/aromatic N) is 1. The number of nitrogens with two attached hydrogens (primary N) is 1. The molecule has 0 spiro atoms. The van der Waals surface area contributed by atoms with E-state index in [-0.39, 0.29) is 16.9 Å². The Morgan fingerprint density at radius 2 is 1.77 bits per heavy atom. The molecule has 1 aromatic heterocycles. The summed E-state index contributed by atoms with van der Waals surface area (Å²) in [5.41, 5.74) is 7.50. The van der Waals surface area contributed by atoms with Crippen molar-refractivity contribution in [2.45, 2.75) is 0 Å². The van der Waals surface area contributed by atoms with Crippen molar-refractivity contribution >= 4 is 44.9 Å². The zero-order valence-corrected chi connectivity index (χ0v) is 13.4. The van der Waals surface area contributed by atoms with Crippen LogP contribution >= 0.6 is 0 Å². The van der Waals surface area contributed by atoms with E-state index in [1.165, 1.54) is 12.1 Å². The lowest BCUT2D eigenvalue weighted by atomic mass is 10.1. The Labute approximate surface area is 147 Å². The van der Waals surface area contributed by atoms with Gasteiger partial charge in [-0.05, 0) is 36.4 Å². The van der Waals surface area contributed by atoms with Crippen LogP contribution in [-0.2, 0) is 0 Å². The molecular formula is C19H13N3O4. The summed E-state index contributed by atoms with van der Waals surface area (Å²) in [4.78, 5) is 22.0. The minimum atomic E-state index is -0.717. The van der Waals surface area contributed by atoms with Crippen molar-refractivity contribution in [2.24, 2.45) is 5.73 Å². The van der Waals surface area contributed by atoms with E-state index < -0.39 is 10.8 Å². The van der Waals surface area contributed by atoms with Crippen molar-refractivity contribution in [3.05, 3.63) is 76.3 Å². The van der Waals surface area contributed by atoms with Crippen LogP contribution in [0.3, 0.4) is 0 Å². The summed E-state index contributed by atoms with van der Waals surface area (Å²) in [5, 5.41) is 16.2. The van der Waals surface area contributed by atoms with E-state index in [1.807, 2.05) is 30.3 Å². The van der Waals surface area contributed by atoms with Gasteiger partial charge in [-0.15, -0.1) is 0 Å². The maximum Gasteiger partial charge on any atom is 0.293 e. The number of nitro benzene ring substituents is 1. The number of para-hydroxylation sites is 1. The number of hydrogen-bond donors (Lipinski definition) is 2. The lowest BCUT2D eigenvalue weighted by Crippen LogP contribution is -2.11. The Bertz CT molecular complexity index is 1180. The molecule has 0 aliphatic rings. The maximum absolute atomic E-state index is 11.3. The summed E-state index contributed by atoms with van der Waals surface area (Å²) in [5.74, 6) is -0.717. The molecule has 3 aromatic carbocycles. The first-order valence-corrected chi connectivity index (χ1v) is 7.79. The number of carbonyl (C=O) groups is 1. The van der Waals surface area contributed by atoms with Crippen LogP contribution in [-0.4, -0.2) is 10.8 Å². The maximum atomic E-state index is 11.3. The van der Waals surface area contributed by atoms with E-state index >= 15 is 0 Å². The number of rotatable bonds is 4. The highest BCUT2D eigenvalue weighted by Crippen LogP contribution is 2.33. The summed E-state index contributed by atoms with van der Waals surface area (Å²) in [6.45, 7) is 0. The van der Waals surface area contributed by atoms with Gasteiger partial charge >= 0.3 is 0 Å². The van der Waals surface area contributed by atoms with Gasteiger partial charge in [-0.1, -0.05) is 18.2 Å². The van der Waals surface area contributed by atoms with Crippen LogP contribution in [0.2, 0.25) is 0 Å². The van der Waals surface area contributed by atoms with Crippen LogP contribution < -0.4 is 11.1 Å². The number of benzene rings is 3. The fraction of sp³-hybridized carbons (Fsp3) is 0. The number of primary amides is 1. The molecule has 7 nitrogen and oxygen atoms in total. The summed E-state index contributed by atoms with van der Waals surface area (Å²) in [6.07, 6.45) is 0. The number of furan rings is 1. The molecule has 0 fully saturated rings. The lowest BCUT2D eigenvalue weighted by Gasteiger charge is -2.08. The molecule has 0 saturated carbocycles. The Balaban J connectivity index is 1.78. The van der Waals surface area contributed by atoms with Gasteiger partial charge in [0.25, 0.3) is 5.69 Å². The smallest absolute Gasteiger partial charge is 0.293 e. The second kappa shape index (κ2) is 5.89. The molecule has 0 atom stereocenters. The fourth-order valence-corrected chi connectivity index (χ4v) is 2.90. The van der Waals surface area contributed by atoms with E-state index in [2.05, 4.69) is 5.32 Å². The van der Waals surface area contributed by atoms with Crippen LogP contribution in [0.4, 0.5) is 17.1 Å². The molecule has 3 N–H and O–H groups in total.